The van der Waals surface area contributed by atoms with Gasteiger partial charge in [0.25, 0.3) is 0 Å². The van der Waals surface area contributed by atoms with Crippen LogP contribution >= 0.6 is 22.9 Å². The van der Waals surface area contributed by atoms with E-state index in [4.69, 9.17) is 11.6 Å². The number of alkyl halides is 1. The van der Waals surface area contributed by atoms with E-state index in [0.29, 0.717) is 11.9 Å². The highest BCUT2D eigenvalue weighted by atomic mass is 35.5. The van der Waals surface area contributed by atoms with Gasteiger partial charge in [0.2, 0.25) is 0 Å². The Morgan fingerprint density at radius 3 is 2.68 bits per heavy atom. The summed E-state index contributed by atoms with van der Waals surface area (Å²) < 4.78 is 0. The molecule has 0 amide bonds. The zero-order valence-corrected chi connectivity index (χ0v) is 14.1. The molecule has 0 spiro atoms. The second-order valence-electron chi connectivity index (χ2n) is 5.21. The van der Waals surface area contributed by atoms with Gasteiger partial charge >= 0.3 is 0 Å². The molecule has 0 saturated heterocycles. The van der Waals surface area contributed by atoms with Crippen LogP contribution in [0.1, 0.15) is 31.0 Å². The summed E-state index contributed by atoms with van der Waals surface area (Å²) in [4.78, 5) is 9.29. The molecular formula is C14H26ClN3S. The zero-order valence-electron chi connectivity index (χ0n) is 12.5. The maximum absolute atomic E-state index is 5.77. The summed E-state index contributed by atoms with van der Waals surface area (Å²) in [7, 11) is 4.27. The summed E-state index contributed by atoms with van der Waals surface area (Å²) in [6, 6.07) is 0.606. The van der Waals surface area contributed by atoms with Crippen LogP contribution in [-0.2, 0) is 12.3 Å². The van der Waals surface area contributed by atoms with Crippen molar-refractivity contribution in [1.82, 2.24) is 14.8 Å². The normalized spacial score (nSPS) is 13.4. The largest absolute Gasteiger partial charge is 0.308 e. The van der Waals surface area contributed by atoms with E-state index >= 15 is 0 Å². The van der Waals surface area contributed by atoms with Crippen molar-refractivity contribution in [2.75, 3.05) is 33.7 Å². The Balaban J connectivity index is 2.32. The van der Waals surface area contributed by atoms with Crippen LogP contribution in [0.2, 0.25) is 0 Å². The van der Waals surface area contributed by atoms with Crippen LogP contribution in [-0.4, -0.2) is 54.6 Å². The van der Waals surface area contributed by atoms with Crippen molar-refractivity contribution in [3.63, 3.8) is 0 Å². The van der Waals surface area contributed by atoms with E-state index in [0.717, 1.165) is 31.7 Å². The molecule has 0 aliphatic rings. The standard InChI is InChI=1S/C14H26ClN3S/c1-5-18(12(2)10-17(3)4)8-6-7-14-16-13(9-15)11-19-14/h11-12H,5-10H2,1-4H3. The van der Waals surface area contributed by atoms with Crippen molar-refractivity contribution >= 4 is 22.9 Å². The lowest BCUT2D eigenvalue weighted by atomic mass is 10.2. The summed E-state index contributed by atoms with van der Waals surface area (Å²) in [6.07, 6.45) is 2.23. The van der Waals surface area contributed by atoms with Crippen molar-refractivity contribution < 1.29 is 0 Å². The third kappa shape index (κ3) is 6.21. The molecule has 1 aromatic heterocycles. The molecule has 0 N–H and O–H groups in total. The zero-order chi connectivity index (χ0) is 14.3. The quantitative estimate of drug-likeness (QED) is 0.654. The molecule has 19 heavy (non-hydrogen) atoms. The van der Waals surface area contributed by atoms with Gasteiger partial charge in [-0.2, -0.15) is 0 Å². The molecule has 110 valence electrons. The third-order valence-electron chi connectivity index (χ3n) is 3.23. The van der Waals surface area contributed by atoms with Gasteiger partial charge in [-0.15, -0.1) is 22.9 Å². The number of aryl methyl sites for hydroxylation is 1. The van der Waals surface area contributed by atoms with Gasteiger partial charge < -0.3 is 4.90 Å². The van der Waals surface area contributed by atoms with Gasteiger partial charge in [0.05, 0.1) is 16.6 Å². The van der Waals surface area contributed by atoms with Crippen molar-refractivity contribution in [3.8, 4) is 0 Å². The van der Waals surface area contributed by atoms with Crippen molar-refractivity contribution in [2.24, 2.45) is 0 Å². The summed E-state index contributed by atoms with van der Waals surface area (Å²) in [6.45, 7) is 7.90. The Bertz CT molecular complexity index is 354. The molecule has 5 heteroatoms. The second-order valence-corrected chi connectivity index (χ2v) is 6.42. The minimum Gasteiger partial charge on any atom is -0.308 e. The summed E-state index contributed by atoms with van der Waals surface area (Å²) in [5.74, 6) is 0.525. The summed E-state index contributed by atoms with van der Waals surface area (Å²) in [5, 5.41) is 3.28. The average Bonchev–Trinajstić information content (AvgIpc) is 2.81. The van der Waals surface area contributed by atoms with Crippen LogP contribution < -0.4 is 0 Å². The minimum atomic E-state index is 0.525. The molecule has 1 aromatic rings. The van der Waals surface area contributed by atoms with Gasteiger partial charge in [-0.1, -0.05) is 6.92 Å². The molecule has 0 fully saturated rings. The van der Waals surface area contributed by atoms with Gasteiger partial charge in [0.1, 0.15) is 0 Å². The van der Waals surface area contributed by atoms with Crippen LogP contribution in [0.25, 0.3) is 0 Å². The first-order valence-corrected chi connectivity index (χ1v) is 8.36. The average molecular weight is 304 g/mol. The maximum atomic E-state index is 5.77. The molecule has 1 unspecified atom stereocenters. The molecule has 3 nitrogen and oxygen atoms in total. The minimum absolute atomic E-state index is 0.525. The molecule has 1 atom stereocenters. The number of nitrogens with zero attached hydrogens (tertiary/aromatic N) is 3. The Hall–Kier alpha value is -0.160. The SMILES string of the molecule is CCN(CCCc1nc(CCl)cs1)C(C)CN(C)C. The van der Waals surface area contributed by atoms with E-state index < -0.39 is 0 Å². The van der Waals surface area contributed by atoms with Gasteiger partial charge in [0, 0.05) is 24.4 Å². The van der Waals surface area contributed by atoms with E-state index in [2.05, 4.69) is 48.1 Å². The monoisotopic (exact) mass is 303 g/mol. The van der Waals surface area contributed by atoms with Crippen LogP contribution in [0, 0.1) is 0 Å². The van der Waals surface area contributed by atoms with Crippen LogP contribution in [0.5, 0.6) is 0 Å². The molecule has 0 aliphatic carbocycles. The fourth-order valence-electron chi connectivity index (χ4n) is 2.29. The van der Waals surface area contributed by atoms with Gasteiger partial charge in [0.15, 0.2) is 0 Å². The van der Waals surface area contributed by atoms with Crippen molar-refractivity contribution in [1.29, 1.82) is 0 Å². The van der Waals surface area contributed by atoms with Gasteiger partial charge in [-0.3, -0.25) is 4.90 Å². The Morgan fingerprint density at radius 2 is 2.16 bits per heavy atom. The molecule has 0 saturated carbocycles. The highest BCUT2D eigenvalue weighted by molar-refractivity contribution is 7.09. The third-order valence-corrected chi connectivity index (χ3v) is 4.46. The number of hydrogen-bond donors (Lipinski definition) is 0. The Kier molecular flexibility index (Phi) is 7.91. The van der Waals surface area contributed by atoms with Crippen LogP contribution in [0.4, 0.5) is 0 Å². The van der Waals surface area contributed by atoms with E-state index in [1.807, 2.05) is 0 Å². The molecule has 1 heterocycles. The Morgan fingerprint density at radius 1 is 1.42 bits per heavy atom. The molecule has 1 rings (SSSR count). The molecule has 0 aliphatic heterocycles. The number of hydrogen-bond acceptors (Lipinski definition) is 4. The van der Waals surface area contributed by atoms with Gasteiger partial charge in [-0.05, 0) is 40.5 Å². The van der Waals surface area contributed by atoms with E-state index in [-0.39, 0.29) is 0 Å². The first-order chi connectivity index (χ1) is 9.06. The molecule has 0 bridgehead atoms. The number of likely N-dealkylation sites (N-methyl/N-ethyl adjacent to an activating group) is 2. The first kappa shape index (κ1) is 16.9. The van der Waals surface area contributed by atoms with Crippen LogP contribution in [0.15, 0.2) is 5.38 Å². The predicted molar refractivity (Wildman–Crippen MR) is 85.3 cm³/mol. The molecule has 0 aromatic carbocycles. The van der Waals surface area contributed by atoms with E-state index in [1.54, 1.807) is 11.3 Å². The predicted octanol–water partition coefficient (Wildman–Crippen LogP) is 3.09. The van der Waals surface area contributed by atoms with Crippen molar-refractivity contribution in [2.45, 2.75) is 38.6 Å². The molecule has 0 radical (unpaired) electrons. The summed E-state index contributed by atoms with van der Waals surface area (Å²) >= 11 is 7.50. The number of halogens is 1. The smallest absolute Gasteiger partial charge is 0.0929 e. The maximum Gasteiger partial charge on any atom is 0.0929 e. The van der Waals surface area contributed by atoms with Crippen LogP contribution in [0.3, 0.4) is 0 Å². The number of rotatable bonds is 9. The highest BCUT2D eigenvalue weighted by Gasteiger charge is 2.12. The van der Waals surface area contributed by atoms with Crippen molar-refractivity contribution in [3.05, 3.63) is 16.1 Å². The summed E-state index contributed by atoms with van der Waals surface area (Å²) in [5.41, 5.74) is 1.01. The number of thiazole rings is 1. The lowest BCUT2D eigenvalue weighted by molar-refractivity contribution is 0.180. The second kappa shape index (κ2) is 8.90. The topological polar surface area (TPSA) is 19.4 Å². The molecular weight excluding hydrogens is 278 g/mol. The van der Waals surface area contributed by atoms with E-state index in [9.17, 15) is 0 Å². The first-order valence-electron chi connectivity index (χ1n) is 6.94. The number of aromatic nitrogens is 1. The Labute approximate surface area is 126 Å². The lowest BCUT2D eigenvalue weighted by Crippen LogP contribution is -2.40. The fraction of sp³-hybridized carbons (Fsp3) is 0.786. The fourth-order valence-corrected chi connectivity index (χ4v) is 3.36. The highest BCUT2D eigenvalue weighted by Crippen LogP contribution is 2.14. The lowest BCUT2D eigenvalue weighted by Gasteiger charge is -2.29. The van der Waals surface area contributed by atoms with Gasteiger partial charge in [-0.25, -0.2) is 4.98 Å². The van der Waals surface area contributed by atoms with E-state index in [1.165, 1.54) is 11.4 Å².